The highest BCUT2D eigenvalue weighted by atomic mass is 19.4. The predicted molar refractivity (Wildman–Crippen MR) is 104 cm³/mol. The molecule has 1 amide bonds. The van der Waals surface area contributed by atoms with Gasteiger partial charge in [0.05, 0.1) is 23.7 Å². The molecule has 1 N–H and O–H groups in total. The normalized spacial score (nSPS) is 35.3. The van der Waals surface area contributed by atoms with Gasteiger partial charge in [-0.3, -0.25) is 19.0 Å². The van der Waals surface area contributed by atoms with Crippen LogP contribution in [0.3, 0.4) is 0 Å². The van der Waals surface area contributed by atoms with E-state index >= 15 is 0 Å². The number of hydrogen-bond donors (Lipinski definition) is 1. The molecule has 2 heterocycles. The van der Waals surface area contributed by atoms with E-state index in [1.807, 2.05) is 0 Å². The first-order valence-corrected chi connectivity index (χ1v) is 11.5. The van der Waals surface area contributed by atoms with Crippen LogP contribution in [0.25, 0.3) is 0 Å². The molecule has 9 nitrogen and oxygen atoms in total. The molecule has 0 spiro atoms. The van der Waals surface area contributed by atoms with Crippen LogP contribution in [0.15, 0.2) is 16.7 Å². The molecule has 2 aromatic rings. The van der Waals surface area contributed by atoms with Crippen LogP contribution in [0.5, 0.6) is 0 Å². The summed E-state index contributed by atoms with van der Waals surface area (Å²) >= 11 is 0. The highest BCUT2D eigenvalue weighted by Gasteiger charge is 2.72. The zero-order chi connectivity index (χ0) is 25.5. The van der Waals surface area contributed by atoms with Gasteiger partial charge in [0.2, 0.25) is 11.8 Å². The second-order valence-corrected chi connectivity index (χ2v) is 10.3. The molecular weight excluding hydrogens is 500 g/mol. The molecule has 0 radical (unpaired) electrons. The molecule has 196 valence electrons. The highest BCUT2D eigenvalue weighted by molar-refractivity contribution is 5.93. The lowest BCUT2D eigenvalue weighted by atomic mass is 9.39. The molecular formula is C21H21F6N5O4. The summed E-state index contributed by atoms with van der Waals surface area (Å²) in [6, 6.07) is 1.27. The van der Waals surface area contributed by atoms with Crippen LogP contribution >= 0.6 is 0 Å². The Labute approximate surface area is 199 Å². The first-order chi connectivity index (χ1) is 16.8. The molecule has 7 rings (SSSR count). The number of ether oxygens (including phenoxy) is 2. The number of halogens is 6. The number of alkyl halides is 6. The number of nitrogens with zero attached hydrogens (tertiary/aromatic N) is 4. The van der Waals surface area contributed by atoms with Crippen molar-refractivity contribution < 1.29 is 45.0 Å². The summed E-state index contributed by atoms with van der Waals surface area (Å²) in [5, 5.41) is 15.3. The predicted octanol–water partition coefficient (Wildman–Crippen LogP) is 3.89. The molecule has 5 aliphatic rings. The van der Waals surface area contributed by atoms with Gasteiger partial charge in [0.25, 0.3) is 5.91 Å². The number of hydrogen-bond acceptors (Lipinski definition) is 7. The van der Waals surface area contributed by atoms with E-state index in [0.717, 1.165) is 0 Å². The summed E-state index contributed by atoms with van der Waals surface area (Å²) in [4.78, 5) is 12.7. The van der Waals surface area contributed by atoms with Crippen LogP contribution in [0.1, 0.15) is 79.2 Å². The average molecular weight is 521 g/mol. The van der Waals surface area contributed by atoms with Crippen molar-refractivity contribution in [3.8, 4) is 0 Å². The smallest absolute Gasteiger partial charge is 0.424 e. The second-order valence-electron chi connectivity index (χ2n) is 10.3. The molecule has 5 saturated carbocycles. The van der Waals surface area contributed by atoms with Gasteiger partial charge in [0.1, 0.15) is 5.69 Å². The van der Waals surface area contributed by atoms with Crippen molar-refractivity contribution in [2.75, 3.05) is 0 Å². The lowest BCUT2D eigenvalue weighted by Crippen LogP contribution is -2.76. The Morgan fingerprint density at radius 2 is 1.61 bits per heavy atom. The maximum absolute atomic E-state index is 12.7. The number of carbonyl (C=O) groups excluding carboxylic acids is 1. The Bertz CT molecular complexity index is 1140. The Morgan fingerprint density at radius 3 is 2.22 bits per heavy atom. The molecule has 0 aromatic carbocycles. The Hall–Kier alpha value is -2.68. The van der Waals surface area contributed by atoms with Crippen molar-refractivity contribution in [1.82, 2.24) is 25.3 Å². The van der Waals surface area contributed by atoms with Gasteiger partial charge >= 0.3 is 12.7 Å². The minimum Gasteiger partial charge on any atom is -0.424 e. The van der Waals surface area contributed by atoms with E-state index in [1.165, 1.54) is 10.7 Å². The van der Waals surface area contributed by atoms with Crippen molar-refractivity contribution in [3.63, 3.8) is 0 Å². The molecule has 0 atom stereocenters. The zero-order valence-electron chi connectivity index (χ0n) is 18.6. The van der Waals surface area contributed by atoms with Crippen molar-refractivity contribution in [2.45, 2.75) is 92.8 Å². The molecule has 0 saturated heterocycles. The lowest BCUT2D eigenvalue weighted by molar-refractivity contribution is -0.354. The average Bonchev–Trinajstić information content (AvgIpc) is 3.30. The van der Waals surface area contributed by atoms with Crippen LogP contribution in [-0.4, -0.2) is 56.4 Å². The van der Waals surface area contributed by atoms with Gasteiger partial charge in [-0.1, -0.05) is 0 Å². The highest BCUT2D eigenvalue weighted by Crippen LogP contribution is 2.67. The number of aromatic nitrogens is 4. The zero-order valence-corrected chi connectivity index (χ0v) is 18.6. The molecule has 5 aliphatic carbocycles. The van der Waals surface area contributed by atoms with E-state index in [4.69, 9.17) is 4.42 Å². The van der Waals surface area contributed by atoms with Crippen LogP contribution in [-0.2, 0) is 14.9 Å². The van der Waals surface area contributed by atoms with E-state index in [-0.39, 0.29) is 54.7 Å². The summed E-state index contributed by atoms with van der Waals surface area (Å²) in [5.41, 5.74) is -0.586. The van der Waals surface area contributed by atoms with E-state index in [0.29, 0.717) is 31.0 Å². The fourth-order valence-corrected chi connectivity index (χ4v) is 5.82. The first kappa shape index (κ1) is 23.7. The fraction of sp³-hybridized carbons (Fsp3) is 0.714. The standard InChI is InChI=1S/C21H21F6N5O4/c22-20(23,24)35-12-3-10(4-12)16-29-30-17(34-16)18-7-19(8-18,9-18)28-15(33)14-1-2-32(31-14)11-5-13(6-11)36-21(25,26)27/h1-2,10-13H,3-9H2,(H,28,33)/t10-,11-,12+,13+,18?,19?. The van der Waals surface area contributed by atoms with Gasteiger partial charge in [-0.2, -0.15) is 5.10 Å². The maximum Gasteiger partial charge on any atom is 0.522 e. The van der Waals surface area contributed by atoms with Crippen molar-refractivity contribution in [1.29, 1.82) is 0 Å². The molecule has 2 aromatic heterocycles. The van der Waals surface area contributed by atoms with Gasteiger partial charge in [-0.05, 0) is 51.0 Å². The lowest BCUT2D eigenvalue weighted by Gasteiger charge is -2.68. The SMILES string of the molecule is O=C(NC12CC(c3nnc([C@H]4C[C@@H](OC(F)(F)F)C4)o3)(C1)C2)c1ccn([C@H]2C[C@@H](OC(F)(F)F)C2)n1. The third kappa shape index (κ3) is 4.25. The van der Waals surface area contributed by atoms with Crippen molar-refractivity contribution in [3.05, 3.63) is 29.7 Å². The second kappa shape index (κ2) is 7.66. The maximum atomic E-state index is 12.7. The third-order valence-electron chi connectivity index (χ3n) is 7.63. The monoisotopic (exact) mass is 521 g/mol. The molecule has 0 aliphatic heterocycles. The summed E-state index contributed by atoms with van der Waals surface area (Å²) in [7, 11) is 0. The van der Waals surface area contributed by atoms with Gasteiger partial charge in [0, 0.05) is 17.7 Å². The van der Waals surface area contributed by atoms with Crippen molar-refractivity contribution >= 4 is 5.91 Å². The number of nitrogens with one attached hydrogen (secondary N) is 1. The largest absolute Gasteiger partial charge is 0.522 e. The minimum atomic E-state index is -4.67. The van der Waals surface area contributed by atoms with E-state index < -0.39 is 30.5 Å². The Kier molecular flexibility index (Phi) is 5.05. The first-order valence-electron chi connectivity index (χ1n) is 11.5. The van der Waals surface area contributed by atoms with Crippen LogP contribution < -0.4 is 5.32 Å². The number of amides is 1. The van der Waals surface area contributed by atoms with E-state index in [2.05, 4.69) is 30.1 Å². The Morgan fingerprint density at radius 1 is 1.00 bits per heavy atom. The molecule has 2 bridgehead atoms. The number of carbonyl (C=O) groups is 1. The van der Waals surface area contributed by atoms with Crippen LogP contribution in [0, 0.1) is 0 Å². The molecule has 36 heavy (non-hydrogen) atoms. The van der Waals surface area contributed by atoms with Gasteiger partial charge in [0.15, 0.2) is 0 Å². The minimum absolute atomic E-state index is 0.164. The van der Waals surface area contributed by atoms with Gasteiger partial charge in [-0.25, -0.2) is 0 Å². The molecule has 0 unspecified atom stereocenters. The van der Waals surface area contributed by atoms with E-state index in [9.17, 15) is 31.1 Å². The summed E-state index contributed by atoms with van der Waals surface area (Å²) in [6.45, 7) is 0. The van der Waals surface area contributed by atoms with Gasteiger partial charge in [-0.15, -0.1) is 36.5 Å². The summed E-state index contributed by atoms with van der Waals surface area (Å²) < 4.78 is 88.9. The Balaban J connectivity index is 0.978. The van der Waals surface area contributed by atoms with Crippen LogP contribution in [0.2, 0.25) is 0 Å². The summed E-state index contributed by atoms with van der Waals surface area (Å²) in [5.74, 6) is 0.0968. The molecule has 5 fully saturated rings. The van der Waals surface area contributed by atoms with Crippen LogP contribution in [0.4, 0.5) is 26.3 Å². The number of rotatable bonds is 7. The molecule has 15 heteroatoms. The van der Waals surface area contributed by atoms with Crippen molar-refractivity contribution in [2.24, 2.45) is 0 Å². The van der Waals surface area contributed by atoms with E-state index in [1.54, 1.807) is 6.20 Å². The summed E-state index contributed by atoms with van der Waals surface area (Å²) in [6.07, 6.45) is -7.13. The third-order valence-corrected chi connectivity index (χ3v) is 7.63. The topological polar surface area (TPSA) is 104 Å². The fourth-order valence-electron chi connectivity index (χ4n) is 5.82. The van der Waals surface area contributed by atoms with Gasteiger partial charge < -0.3 is 9.73 Å². The quantitative estimate of drug-likeness (QED) is 0.552.